The van der Waals surface area contributed by atoms with Crippen LogP contribution in [0, 0.1) is 0 Å². The lowest BCUT2D eigenvalue weighted by atomic mass is 10.0. The molecule has 3 aromatic rings. The molecule has 0 aliphatic rings. The highest BCUT2D eigenvalue weighted by atomic mass is 19.4. The molecule has 210 valence electrons. The van der Waals surface area contributed by atoms with E-state index in [0.717, 1.165) is 9.58 Å². The summed E-state index contributed by atoms with van der Waals surface area (Å²) < 4.78 is 85.8. The summed E-state index contributed by atoms with van der Waals surface area (Å²) in [4.78, 5) is 38.6. The van der Waals surface area contributed by atoms with E-state index in [0.29, 0.717) is 12.1 Å². The molecule has 16 heteroatoms. The Bertz CT molecular complexity index is 1320. The van der Waals surface area contributed by atoms with E-state index in [4.69, 9.17) is 4.74 Å². The number of alkyl halides is 6. The van der Waals surface area contributed by atoms with Gasteiger partial charge in [0.25, 0.3) is 17.8 Å². The van der Waals surface area contributed by atoms with E-state index in [9.17, 15) is 35.9 Å². The smallest absolute Gasteiger partial charge is 0.416 e. The normalized spacial score (nSPS) is 13.1. The maximum Gasteiger partial charge on any atom is 0.416 e. The number of rotatable bonds is 5. The monoisotopic (exact) mass is 559 g/mol. The quantitative estimate of drug-likeness (QED) is 0.440. The van der Waals surface area contributed by atoms with Crippen LogP contribution in [0.3, 0.4) is 0 Å². The molecule has 0 aliphatic heterocycles. The standard InChI is InChI=1S/C23H23F6N7O3/c1-12(32-17(37)13-9-14(22(24,25)26)11-15(10-13)23(27,28)29)16-33-19(35(5)20(38)39-21(2,3)4)34-36(16)18-30-7-6-8-31-18/h6-12H,1-5H3,(H,32,37)/t12-/m1/s1. The molecule has 10 nitrogen and oxygen atoms in total. The van der Waals surface area contributed by atoms with Gasteiger partial charge in [-0.1, -0.05) is 0 Å². The number of halogens is 6. The number of ether oxygens (including phenoxy) is 1. The zero-order valence-electron chi connectivity index (χ0n) is 21.2. The second-order valence-electron chi connectivity index (χ2n) is 9.26. The van der Waals surface area contributed by atoms with Crippen molar-refractivity contribution in [3.05, 3.63) is 59.2 Å². The molecule has 0 radical (unpaired) electrons. The van der Waals surface area contributed by atoms with Crippen LogP contribution in [0.25, 0.3) is 5.95 Å². The Kier molecular flexibility index (Phi) is 7.89. The van der Waals surface area contributed by atoms with Gasteiger partial charge in [-0.15, -0.1) is 5.10 Å². The summed E-state index contributed by atoms with van der Waals surface area (Å²) in [6.45, 7) is 6.29. The highest BCUT2D eigenvalue weighted by Gasteiger charge is 2.38. The van der Waals surface area contributed by atoms with Crippen molar-refractivity contribution >= 4 is 17.9 Å². The van der Waals surface area contributed by atoms with Crippen molar-refractivity contribution < 1.29 is 40.7 Å². The van der Waals surface area contributed by atoms with Gasteiger partial charge in [0.05, 0.1) is 17.2 Å². The van der Waals surface area contributed by atoms with Gasteiger partial charge in [-0.05, 0) is 52.0 Å². The third-order valence-corrected chi connectivity index (χ3v) is 4.91. The minimum absolute atomic E-state index is 0.0386. The average Bonchev–Trinajstić information content (AvgIpc) is 3.27. The highest BCUT2D eigenvalue weighted by Crippen LogP contribution is 2.36. The first-order valence-electron chi connectivity index (χ1n) is 11.2. The number of carbonyl (C=O) groups is 2. The molecule has 0 spiro atoms. The van der Waals surface area contributed by atoms with Crippen LogP contribution in [0.4, 0.5) is 37.1 Å². The molecule has 3 rings (SSSR count). The summed E-state index contributed by atoms with van der Waals surface area (Å²) in [6, 6.07) is 0.889. The maximum atomic E-state index is 13.2. The van der Waals surface area contributed by atoms with Gasteiger partial charge in [-0.3, -0.25) is 4.79 Å². The van der Waals surface area contributed by atoms with Crippen LogP contribution >= 0.6 is 0 Å². The molecule has 0 aliphatic carbocycles. The molecule has 2 heterocycles. The fourth-order valence-corrected chi connectivity index (χ4v) is 3.13. The number of hydrogen-bond acceptors (Lipinski definition) is 7. The lowest BCUT2D eigenvalue weighted by Crippen LogP contribution is -2.34. The largest absolute Gasteiger partial charge is 0.443 e. The Morgan fingerprint density at radius 1 is 0.974 bits per heavy atom. The SMILES string of the molecule is C[C@@H](NC(=O)c1cc(C(F)(F)F)cc(C(F)(F)F)c1)c1nc(N(C)C(=O)OC(C)(C)C)nn1-c1ncccn1. The summed E-state index contributed by atoms with van der Waals surface area (Å²) in [7, 11) is 1.31. The molecule has 2 aromatic heterocycles. The van der Waals surface area contributed by atoms with Crippen molar-refractivity contribution in [1.29, 1.82) is 0 Å². The second-order valence-corrected chi connectivity index (χ2v) is 9.26. The number of aromatic nitrogens is 5. The Morgan fingerprint density at radius 3 is 2.00 bits per heavy atom. The number of benzene rings is 1. The predicted molar refractivity (Wildman–Crippen MR) is 124 cm³/mol. The van der Waals surface area contributed by atoms with E-state index in [2.05, 4.69) is 25.4 Å². The molecule has 0 saturated heterocycles. The van der Waals surface area contributed by atoms with Gasteiger partial charge in [0, 0.05) is 25.0 Å². The molecule has 0 fully saturated rings. The van der Waals surface area contributed by atoms with Gasteiger partial charge < -0.3 is 10.1 Å². The van der Waals surface area contributed by atoms with E-state index in [1.807, 2.05) is 0 Å². The fraction of sp³-hybridized carbons (Fsp3) is 0.391. The van der Waals surface area contributed by atoms with Crippen molar-refractivity contribution in [1.82, 2.24) is 30.0 Å². The molecule has 0 saturated carbocycles. The van der Waals surface area contributed by atoms with Crippen LogP contribution in [-0.4, -0.2) is 49.4 Å². The Morgan fingerprint density at radius 2 is 1.51 bits per heavy atom. The number of anilines is 1. The third-order valence-electron chi connectivity index (χ3n) is 4.91. The molecule has 1 atom stereocenters. The van der Waals surface area contributed by atoms with Gasteiger partial charge in [-0.2, -0.15) is 36.0 Å². The minimum atomic E-state index is -5.13. The van der Waals surface area contributed by atoms with E-state index in [-0.39, 0.29) is 23.8 Å². The van der Waals surface area contributed by atoms with Gasteiger partial charge in [0.2, 0.25) is 0 Å². The van der Waals surface area contributed by atoms with E-state index < -0.39 is 52.7 Å². The highest BCUT2D eigenvalue weighted by molar-refractivity contribution is 5.95. The summed E-state index contributed by atoms with van der Waals surface area (Å²) in [5, 5.41) is 6.49. The molecule has 0 bridgehead atoms. The van der Waals surface area contributed by atoms with E-state index >= 15 is 0 Å². The molecule has 2 amide bonds. The lowest BCUT2D eigenvalue weighted by molar-refractivity contribution is -0.143. The van der Waals surface area contributed by atoms with Gasteiger partial charge in [0.1, 0.15) is 5.60 Å². The number of carbonyl (C=O) groups excluding carboxylic acids is 2. The maximum absolute atomic E-state index is 13.2. The number of nitrogens with one attached hydrogen (secondary N) is 1. The van der Waals surface area contributed by atoms with Crippen molar-refractivity contribution in [2.45, 2.75) is 51.7 Å². The van der Waals surface area contributed by atoms with Crippen LogP contribution in [0.15, 0.2) is 36.7 Å². The van der Waals surface area contributed by atoms with Gasteiger partial charge >= 0.3 is 18.4 Å². The van der Waals surface area contributed by atoms with Crippen molar-refractivity contribution in [3.63, 3.8) is 0 Å². The first-order chi connectivity index (χ1) is 17.9. The summed E-state index contributed by atoms with van der Waals surface area (Å²) >= 11 is 0. The Labute approximate surface area is 218 Å². The minimum Gasteiger partial charge on any atom is -0.443 e. The average molecular weight is 559 g/mol. The summed E-state index contributed by atoms with van der Waals surface area (Å²) in [5.41, 5.74) is -5.01. The Hall–Kier alpha value is -4.24. The third kappa shape index (κ3) is 7.20. The number of nitrogens with zero attached hydrogens (tertiary/aromatic N) is 6. The molecule has 1 N–H and O–H groups in total. The van der Waals surface area contributed by atoms with Crippen LogP contribution in [0.2, 0.25) is 0 Å². The zero-order chi connectivity index (χ0) is 29.3. The fourth-order valence-electron chi connectivity index (χ4n) is 3.13. The predicted octanol–water partition coefficient (Wildman–Crippen LogP) is 4.96. The van der Waals surface area contributed by atoms with Crippen LogP contribution in [0.5, 0.6) is 0 Å². The molecule has 1 aromatic carbocycles. The first kappa shape index (κ1) is 29.3. The van der Waals surface area contributed by atoms with E-state index in [1.54, 1.807) is 20.8 Å². The second kappa shape index (κ2) is 10.5. The van der Waals surface area contributed by atoms with Gasteiger partial charge in [-0.25, -0.2) is 19.7 Å². The van der Waals surface area contributed by atoms with Crippen molar-refractivity contribution in [2.24, 2.45) is 0 Å². The summed E-state index contributed by atoms with van der Waals surface area (Å²) in [6.07, 6.45) is -8.34. The molecular weight excluding hydrogens is 536 g/mol. The molecule has 0 unspecified atom stereocenters. The van der Waals surface area contributed by atoms with Gasteiger partial charge in [0.15, 0.2) is 5.82 Å². The molecular formula is C23H23F6N7O3. The summed E-state index contributed by atoms with van der Waals surface area (Å²) in [5.74, 6) is -1.57. The topological polar surface area (TPSA) is 115 Å². The van der Waals surface area contributed by atoms with Crippen LogP contribution in [0.1, 0.15) is 61.0 Å². The van der Waals surface area contributed by atoms with Crippen LogP contribution in [-0.2, 0) is 17.1 Å². The van der Waals surface area contributed by atoms with Crippen molar-refractivity contribution in [2.75, 3.05) is 11.9 Å². The lowest BCUT2D eigenvalue weighted by Gasteiger charge is -2.22. The molecule has 39 heavy (non-hydrogen) atoms. The number of amides is 2. The Balaban J connectivity index is 1.99. The first-order valence-corrected chi connectivity index (χ1v) is 11.2. The van der Waals surface area contributed by atoms with E-state index in [1.165, 1.54) is 32.4 Å². The number of hydrogen-bond donors (Lipinski definition) is 1. The van der Waals surface area contributed by atoms with Crippen molar-refractivity contribution in [3.8, 4) is 5.95 Å². The van der Waals surface area contributed by atoms with Crippen LogP contribution < -0.4 is 10.2 Å². The zero-order valence-corrected chi connectivity index (χ0v) is 21.2.